The molecular weight excluding hydrogens is 258 g/mol. The normalized spacial score (nSPS) is 10.5. The quantitative estimate of drug-likeness (QED) is 0.436. The minimum atomic E-state index is -0.353. The summed E-state index contributed by atoms with van der Waals surface area (Å²) in [7, 11) is 0. The van der Waals surface area contributed by atoms with Crippen molar-refractivity contribution >= 4 is 5.91 Å². The zero-order valence-corrected chi connectivity index (χ0v) is 13.2. The number of nitrogens with two attached hydrogens (primary N) is 1. The Morgan fingerprint density at radius 3 is 1.95 bits per heavy atom. The van der Waals surface area contributed by atoms with Crippen molar-refractivity contribution in [3.8, 4) is 0 Å². The van der Waals surface area contributed by atoms with Crippen molar-refractivity contribution < 1.29 is 4.79 Å². The van der Waals surface area contributed by atoms with E-state index in [-0.39, 0.29) is 5.91 Å². The summed E-state index contributed by atoms with van der Waals surface area (Å²) in [5.74, 6) is -0.353. The van der Waals surface area contributed by atoms with Gasteiger partial charge < -0.3 is 5.73 Å². The van der Waals surface area contributed by atoms with Gasteiger partial charge in [-0.15, -0.1) is 0 Å². The maximum absolute atomic E-state index is 10.8. The Balaban J connectivity index is 1.85. The van der Waals surface area contributed by atoms with Crippen LogP contribution in [-0.4, -0.2) is 5.91 Å². The van der Waals surface area contributed by atoms with E-state index < -0.39 is 0 Å². The molecule has 1 amide bonds. The standard InChI is InChI=1S/C19H29NO/c1-17(19(20)21)13-9-6-4-2-3-5-7-10-14-18-15-11-8-12-16-18/h8,11-12,15-16H,1-7,9-10,13-14H2,(H2,20,21). The summed E-state index contributed by atoms with van der Waals surface area (Å²) in [5.41, 5.74) is 7.17. The molecule has 0 aromatic heterocycles. The molecule has 0 saturated heterocycles. The third kappa shape index (κ3) is 9.06. The lowest BCUT2D eigenvalue weighted by molar-refractivity contribution is -0.114. The molecule has 0 radical (unpaired) electrons. The van der Waals surface area contributed by atoms with Crippen LogP contribution < -0.4 is 5.73 Å². The Morgan fingerprint density at radius 2 is 1.38 bits per heavy atom. The van der Waals surface area contributed by atoms with Gasteiger partial charge in [-0.25, -0.2) is 0 Å². The van der Waals surface area contributed by atoms with Crippen LogP contribution in [0, 0.1) is 0 Å². The first-order valence-corrected chi connectivity index (χ1v) is 8.21. The molecule has 0 atom stereocenters. The smallest absolute Gasteiger partial charge is 0.244 e. The van der Waals surface area contributed by atoms with Crippen LogP contribution in [0.4, 0.5) is 0 Å². The third-order valence-corrected chi connectivity index (χ3v) is 3.89. The molecule has 0 aliphatic rings. The highest BCUT2D eigenvalue weighted by Crippen LogP contribution is 2.13. The van der Waals surface area contributed by atoms with E-state index in [1.54, 1.807) is 0 Å². The Morgan fingerprint density at radius 1 is 0.857 bits per heavy atom. The number of aryl methyl sites for hydroxylation is 1. The molecule has 1 aromatic carbocycles. The van der Waals surface area contributed by atoms with Crippen LogP contribution in [0.1, 0.15) is 63.4 Å². The minimum Gasteiger partial charge on any atom is -0.366 e. The fraction of sp³-hybridized carbons (Fsp3) is 0.526. The molecule has 2 heteroatoms. The van der Waals surface area contributed by atoms with E-state index in [0.29, 0.717) is 5.57 Å². The Kier molecular flexibility index (Phi) is 9.26. The average molecular weight is 287 g/mol. The van der Waals surface area contributed by atoms with E-state index in [1.807, 2.05) is 0 Å². The molecule has 2 N–H and O–H groups in total. The molecule has 0 saturated carbocycles. The van der Waals surface area contributed by atoms with Gasteiger partial charge in [-0.3, -0.25) is 4.79 Å². The van der Waals surface area contributed by atoms with Gasteiger partial charge in [-0.2, -0.15) is 0 Å². The average Bonchev–Trinajstić information content (AvgIpc) is 2.49. The van der Waals surface area contributed by atoms with Crippen molar-refractivity contribution in [1.29, 1.82) is 0 Å². The highest BCUT2D eigenvalue weighted by molar-refractivity contribution is 5.91. The number of primary amides is 1. The van der Waals surface area contributed by atoms with Crippen molar-refractivity contribution in [2.24, 2.45) is 5.73 Å². The molecular formula is C19H29NO. The molecule has 116 valence electrons. The number of carbonyl (C=O) groups is 1. The predicted octanol–water partition coefficient (Wildman–Crippen LogP) is 4.78. The SMILES string of the molecule is C=C(CCCCCCCCCCc1ccccc1)C(N)=O. The van der Waals surface area contributed by atoms with Gasteiger partial charge in [0.15, 0.2) is 0 Å². The van der Waals surface area contributed by atoms with E-state index in [2.05, 4.69) is 36.9 Å². The molecule has 2 nitrogen and oxygen atoms in total. The number of unbranched alkanes of at least 4 members (excludes halogenated alkanes) is 7. The van der Waals surface area contributed by atoms with Crippen LogP contribution in [0.5, 0.6) is 0 Å². The molecule has 21 heavy (non-hydrogen) atoms. The van der Waals surface area contributed by atoms with Gasteiger partial charge in [0.2, 0.25) is 5.91 Å². The van der Waals surface area contributed by atoms with E-state index >= 15 is 0 Å². The summed E-state index contributed by atoms with van der Waals surface area (Å²) in [6.45, 7) is 3.67. The number of rotatable bonds is 12. The van der Waals surface area contributed by atoms with Gasteiger partial charge in [0.05, 0.1) is 0 Å². The second-order valence-corrected chi connectivity index (χ2v) is 5.78. The van der Waals surface area contributed by atoms with Crippen molar-refractivity contribution in [2.45, 2.75) is 64.2 Å². The highest BCUT2D eigenvalue weighted by atomic mass is 16.1. The van der Waals surface area contributed by atoms with Gasteiger partial charge in [0.1, 0.15) is 0 Å². The van der Waals surface area contributed by atoms with Gasteiger partial charge >= 0.3 is 0 Å². The summed E-state index contributed by atoms with van der Waals surface area (Å²) in [4.78, 5) is 10.8. The van der Waals surface area contributed by atoms with Gasteiger partial charge in [0, 0.05) is 5.57 Å². The first-order chi connectivity index (χ1) is 10.2. The molecule has 0 heterocycles. The summed E-state index contributed by atoms with van der Waals surface area (Å²) >= 11 is 0. The van der Waals surface area contributed by atoms with Crippen molar-refractivity contribution in [2.75, 3.05) is 0 Å². The zero-order valence-electron chi connectivity index (χ0n) is 13.2. The largest absolute Gasteiger partial charge is 0.366 e. The lowest BCUT2D eigenvalue weighted by Gasteiger charge is -2.03. The molecule has 0 bridgehead atoms. The van der Waals surface area contributed by atoms with E-state index in [9.17, 15) is 4.79 Å². The summed E-state index contributed by atoms with van der Waals surface area (Å²) < 4.78 is 0. The van der Waals surface area contributed by atoms with Crippen LogP contribution in [-0.2, 0) is 11.2 Å². The topological polar surface area (TPSA) is 43.1 Å². The van der Waals surface area contributed by atoms with Crippen LogP contribution in [0.15, 0.2) is 42.5 Å². The Bertz CT molecular complexity index is 411. The molecule has 0 aliphatic carbocycles. The second kappa shape index (κ2) is 11.1. The van der Waals surface area contributed by atoms with E-state index in [4.69, 9.17) is 5.73 Å². The third-order valence-electron chi connectivity index (χ3n) is 3.89. The number of amides is 1. The number of carbonyl (C=O) groups excluding carboxylic acids is 1. The fourth-order valence-corrected chi connectivity index (χ4v) is 2.50. The highest BCUT2D eigenvalue weighted by Gasteiger charge is 2.00. The molecule has 0 fully saturated rings. The maximum Gasteiger partial charge on any atom is 0.244 e. The number of hydrogen-bond donors (Lipinski definition) is 1. The monoisotopic (exact) mass is 287 g/mol. The first kappa shape index (κ1) is 17.5. The fourth-order valence-electron chi connectivity index (χ4n) is 2.50. The lowest BCUT2D eigenvalue weighted by atomic mass is 10.0. The maximum atomic E-state index is 10.8. The number of benzene rings is 1. The van der Waals surface area contributed by atoms with Gasteiger partial charge in [0.25, 0.3) is 0 Å². The van der Waals surface area contributed by atoms with Crippen molar-refractivity contribution in [3.63, 3.8) is 0 Å². The molecule has 0 aliphatic heterocycles. The Labute approximate surface area is 129 Å². The molecule has 0 unspecified atom stereocenters. The van der Waals surface area contributed by atoms with Gasteiger partial charge in [-0.05, 0) is 31.2 Å². The summed E-state index contributed by atoms with van der Waals surface area (Å²) in [6, 6.07) is 10.7. The lowest BCUT2D eigenvalue weighted by Crippen LogP contribution is -2.12. The molecule has 1 rings (SSSR count). The zero-order chi connectivity index (χ0) is 15.3. The predicted molar refractivity (Wildman–Crippen MR) is 90.0 cm³/mol. The Hall–Kier alpha value is -1.57. The van der Waals surface area contributed by atoms with Crippen molar-refractivity contribution in [1.82, 2.24) is 0 Å². The second-order valence-electron chi connectivity index (χ2n) is 5.78. The van der Waals surface area contributed by atoms with Crippen molar-refractivity contribution in [3.05, 3.63) is 48.0 Å². The van der Waals surface area contributed by atoms with Crippen LogP contribution in [0.3, 0.4) is 0 Å². The molecule has 1 aromatic rings. The van der Waals surface area contributed by atoms with Crippen LogP contribution in [0.25, 0.3) is 0 Å². The summed E-state index contributed by atoms with van der Waals surface area (Å²) in [6.07, 6.45) is 12.0. The van der Waals surface area contributed by atoms with Gasteiger partial charge in [-0.1, -0.05) is 75.4 Å². The van der Waals surface area contributed by atoms with E-state index in [1.165, 1.54) is 56.9 Å². The van der Waals surface area contributed by atoms with E-state index in [0.717, 1.165) is 12.8 Å². The summed E-state index contributed by atoms with van der Waals surface area (Å²) in [5, 5.41) is 0. The molecule has 0 spiro atoms. The minimum absolute atomic E-state index is 0.353. The van der Waals surface area contributed by atoms with Crippen LogP contribution >= 0.6 is 0 Å². The van der Waals surface area contributed by atoms with Crippen LogP contribution in [0.2, 0.25) is 0 Å². The number of hydrogen-bond acceptors (Lipinski definition) is 1. The first-order valence-electron chi connectivity index (χ1n) is 8.21.